The van der Waals surface area contributed by atoms with Crippen molar-refractivity contribution in [3.05, 3.63) is 70.4 Å². The van der Waals surface area contributed by atoms with E-state index in [1.165, 1.54) is 4.68 Å². The van der Waals surface area contributed by atoms with Gasteiger partial charge < -0.3 is 19.1 Å². The van der Waals surface area contributed by atoms with Crippen molar-refractivity contribution in [1.29, 1.82) is 0 Å². The summed E-state index contributed by atoms with van der Waals surface area (Å²) in [5.41, 5.74) is 1.33. The molecule has 184 valence electrons. The van der Waals surface area contributed by atoms with Crippen molar-refractivity contribution in [3.8, 4) is 22.9 Å². The molecule has 0 spiro atoms. The molecule has 9 nitrogen and oxygen atoms in total. The van der Waals surface area contributed by atoms with Crippen LogP contribution in [0.4, 0.5) is 0 Å². The number of hydrogen-bond acceptors (Lipinski definition) is 6. The van der Waals surface area contributed by atoms with Crippen molar-refractivity contribution in [2.75, 3.05) is 34.4 Å². The van der Waals surface area contributed by atoms with E-state index in [0.29, 0.717) is 36.2 Å². The van der Waals surface area contributed by atoms with Gasteiger partial charge in [0.15, 0.2) is 11.5 Å². The lowest BCUT2D eigenvalue weighted by Crippen LogP contribution is -2.39. The summed E-state index contributed by atoms with van der Waals surface area (Å²) in [6, 6.07) is 13.0. The van der Waals surface area contributed by atoms with Gasteiger partial charge in [-0.2, -0.15) is 5.10 Å². The van der Waals surface area contributed by atoms with Gasteiger partial charge in [0.1, 0.15) is 5.82 Å². The van der Waals surface area contributed by atoms with Crippen LogP contribution in [0.25, 0.3) is 11.8 Å². The number of aromatic nitrogens is 3. The molecule has 4 rings (SSSR count). The third-order valence-electron chi connectivity index (χ3n) is 6.17. The highest BCUT2D eigenvalue weighted by Crippen LogP contribution is 2.38. The molecule has 0 aliphatic carbocycles. The van der Waals surface area contributed by atoms with E-state index >= 15 is 0 Å². The van der Waals surface area contributed by atoms with E-state index in [0.717, 1.165) is 24.1 Å². The lowest BCUT2D eigenvalue weighted by atomic mass is 9.96. The van der Waals surface area contributed by atoms with Gasteiger partial charge in [-0.15, -0.1) is 0 Å². The maximum atomic E-state index is 13.1. The Morgan fingerprint density at radius 3 is 2.37 bits per heavy atom. The van der Waals surface area contributed by atoms with E-state index in [1.807, 2.05) is 30.3 Å². The number of aryl methyl sites for hydroxylation is 1. The van der Waals surface area contributed by atoms with Crippen LogP contribution in [-0.2, 0) is 11.8 Å². The van der Waals surface area contributed by atoms with E-state index in [1.54, 1.807) is 62.1 Å². The summed E-state index contributed by atoms with van der Waals surface area (Å²) in [5, 5.41) is 4.52. The Balaban J connectivity index is 1.55. The van der Waals surface area contributed by atoms with Crippen molar-refractivity contribution in [2.24, 2.45) is 7.05 Å². The van der Waals surface area contributed by atoms with Crippen LogP contribution in [0.5, 0.6) is 17.2 Å². The molecule has 1 aliphatic heterocycles. The highest BCUT2D eigenvalue weighted by Gasteiger charge is 2.29. The van der Waals surface area contributed by atoms with Crippen LogP contribution < -0.4 is 19.9 Å². The van der Waals surface area contributed by atoms with Crippen LogP contribution in [0.15, 0.2) is 53.3 Å². The van der Waals surface area contributed by atoms with E-state index in [2.05, 4.69) is 5.10 Å². The number of carbonyl (C=O) groups is 1. The van der Waals surface area contributed by atoms with Crippen molar-refractivity contribution < 1.29 is 19.0 Å². The molecule has 2 aromatic carbocycles. The van der Waals surface area contributed by atoms with Crippen LogP contribution in [0.3, 0.4) is 0 Å². The number of benzene rings is 2. The Hall–Kier alpha value is -4.01. The van der Waals surface area contributed by atoms with Gasteiger partial charge >= 0.3 is 5.69 Å². The number of hydrogen-bond donors (Lipinski definition) is 0. The lowest BCUT2D eigenvalue weighted by molar-refractivity contribution is -0.127. The molecule has 0 radical (unpaired) electrons. The van der Waals surface area contributed by atoms with E-state index in [4.69, 9.17) is 14.2 Å². The fraction of sp³-hybridized carbons (Fsp3) is 0.346. The molecule has 1 saturated heterocycles. The SMILES string of the molecule is COc1cc(/C=C/C(=O)N2CCCC(c3nn(C)c(=O)n3-c3ccccc3)C2)cc(OC)c1OC. The average molecular weight is 479 g/mol. The number of piperidine rings is 1. The molecule has 3 aromatic rings. The first kappa shape index (κ1) is 24.1. The summed E-state index contributed by atoms with van der Waals surface area (Å²) < 4.78 is 19.1. The first-order valence-corrected chi connectivity index (χ1v) is 11.4. The van der Waals surface area contributed by atoms with Crippen LogP contribution in [0, 0.1) is 0 Å². The predicted molar refractivity (Wildman–Crippen MR) is 132 cm³/mol. The highest BCUT2D eigenvalue weighted by atomic mass is 16.5. The minimum absolute atomic E-state index is 0.0450. The second kappa shape index (κ2) is 10.5. The van der Waals surface area contributed by atoms with Gasteiger partial charge in [0.05, 0.1) is 27.0 Å². The molecule has 35 heavy (non-hydrogen) atoms. The summed E-state index contributed by atoms with van der Waals surface area (Å²) >= 11 is 0. The topological polar surface area (TPSA) is 87.8 Å². The monoisotopic (exact) mass is 478 g/mol. The fourth-order valence-corrected chi connectivity index (χ4v) is 4.43. The third kappa shape index (κ3) is 4.94. The van der Waals surface area contributed by atoms with Crippen molar-refractivity contribution >= 4 is 12.0 Å². The Kier molecular flexibility index (Phi) is 7.24. The van der Waals surface area contributed by atoms with Crippen molar-refractivity contribution in [1.82, 2.24) is 19.2 Å². The number of carbonyl (C=O) groups excluding carboxylic acids is 1. The highest BCUT2D eigenvalue weighted by molar-refractivity contribution is 5.92. The maximum Gasteiger partial charge on any atom is 0.350 e. The maximum absolute atomic E-state index is 13.1. The Bertz CT molecular complexity index is 1250. The standard InChI is InChI=1S/C26H30N4O5/c1-28-26(32)30(20-10-6-5-7-11-20)25(27-28)19-9-8-14-29(17-19)23(31)13-12-18-15-21(33-2)24(35-4)22(16-18)34-3/h5-7,10-13,15-16,19H,8-9,14,17H2,1-4H3/b13-12+. The summed E-state index contributed by atoms with van der Waals surface area (Å²) in [6.07, 6.45) is 4.96. The molecule has 9 heteroatoms. The quantitative estimate of drug-likeness (QED) is 0.485. The third-order valence-corrected chi connectivity index (χ3v) is 6.17. The van der Waals surface area contributed by atoms with Gasteiger partial charge in [0.25, 0.3) is 0 Å². The predicted octanol–water partition coefficient (Wildman–Crippen LogP) is 3.02. The molecular weight excluding hydrogens is 448 g/mol. The molecule has 1 aliphatic rings. The van der Waals surface area contributed by atoms with Gasteiger partial charge in [0.2, 0.25) is 11.7 Å². The molecule has 1 unspecified atom stereocenters. The molecule has 1 fully saturated rings. The minimum atomic E-state index is -0.197. The van der Waals surface area contributed by atoms with E-state index < -0.39 is 0 Å². The van der Waals surface area contributed by atoms with Crippen LogP contribution in [-0.4, -0.2) is 59.6 Å². The number of likely N-dealkylation sites (tertiary alicyclic amines) is 1. The van der Waals surface area contributed by atoms with Crippen molar-refractivity contribution in [2.45, 2.75) is 18.8 Å². The van der Waals surface area contributed by atoms with E-state index in [9.17, 15) is 9.59 Å². The second-order valence-electron chi connectivity index (χ2n) is 8.35. The van der Waals surface area contributed by atoms with Gasteiger partial charge in [-0.1, -0.05) is 18.2 Å². The molecule has 0 N–H and O–H groups in total. The molecule has 2 heterocycles. The summed E-state index contributed by atoms with van der Waals surface area (Å²) in [5.74, 6) is 2.06. The number of nitrogens with zero attached hydrogens (tertiary/aromatic N) is 4. The normalized spacial score (nSPS) is 15.9. The van der Waals surface area contributed by atoms with Crippen LogP contribution in [0.2, 0.25) is 0 Å². The molecule has 0 bridgehead atoms. The zero-order valence-corrected chi connectivity index (χ0v) is 20.4. The van der Waals surface area contributed by atoms with Crippen molar-refractivity contribution in [3.63, 3.8) is 0 Å². The smallest absolute Gasteiger partial charge is 0.350 e. The number of amides is 1. The molecule has 1 atom stereocenters. The Labute approximate surface area is 204 Å². The number of rotatable bonds is 7. The fourth-order valence-electron chi connectivity index (χ4n) is 4.43. The minimum Gasteiger partial charge on any atom is -0.493 e. The molecule has 1 amide bonds. The zero-order chi connectivity index (χ0) is 24.9. The van der Waals surface area contributed by atoms with Crippen LogP contribution in [0.1, 0.15) is 30.1 Å². The zero-order valence-electron chi connectivity index (χ0n) is 20.4. The summed E-state index contributed by atoms with van der Waals surface area (Å²) in [4.78, 5) is 27.7. The molecule has 0 saturated carbocycles. The number of methoxy groups -OCH3 is 3. The second-order valence-corrected chi connectivity index (χ2v) is 8.35. The Morgan fingerprint density at radius 1 is 1.06 bits per heavy atom. The van der Waals surface area contributed by atoms with Gasteiger partial charge in [0, 0.05) is 32.1 Å². The number of ether oxygens (including phenoxy) is 3. The summed E-state index contributed by atoms with van der Waals surface area (Å²) in [7, 11) is 6.30. The van der Waals surface area contributed by atoms with Gasteiger partial charge in [-0.25, -0.2) is 14.0 Å². The largest absolute Gasteiger partial charge is 0.493 e. The molecular formula is C26H30N4O5. The molecule has 1 aromatic heterocycles. The van der Waals surface area contributed by atoms with Gasteiger partial charge in [-0.3, -0.25) is 4.79 Å². The summed E-state index contributed by atoms with van der Waals surface area (Å²) in [6.45, 7) is 1.14. The average Bonchev–Trinajstić information content (AvgIpc) is 3.20. The lowest BCUT2D eigenvalue weighted by Gasteiger charge is -2.31. The first-order chi connectivity index (χ1) is 17.0. The Morgan fingerprint density at radius 2 is 1.74 bits per heavy atom. The van der Waals surface area contributed by atoms with Crippen LogP contribution >= 0.6 is 0 Å². The first-order valence-electron chi connectivity index (χ1n) is 11.4. The van der Waals surface area contributed by atoms with E-state index in [-0.39, 0.29) is 17.5 Å². The number of para-hydroxylation sites is 1. The van der Waals surface area contributed by atoms with Gasteiger partial charge in [-0.05, 0) is 48.7 Å².